The second-order valence-corrected chi connectivity index (χ2v) is 4.85. The highest BCUT2D eigenvalue weighted by Gasteiger charge is 1.98. The summed E-state index contributed by atoms with van der Waals surface area (Å²) in [4.78, 5) is 10.9. The van der Waals surface area contributed by atoms with Crippen LogP contribution in [0.15, 0.2) is 12.2 Å². The molecule has 0 unspecified atom stereocenters. The average Bonchev–Trinajstić information content (AvgIpc) is 2.39. The molecule has 106 valence electrons. The van der Waals surface area contributed by atoms with Crippen LogP contribution in [-0.2, 0) is 9.53 Å². The van der Waals surface area contributed by atoms with E-state index in [1.54, 1.807) is 0 Å². The Morgan fingerprint density at radius 3 is 2.06 bits per heavy atom. The van der Waals surface area contributed by atoms with Gasteiger partial charge in [-0.15, -0.1) is 0 Å². The Bertz CT molecular complexity index is 209. The minimum atomic E-state index is -0.0767. The van der Waals surface area contributed by atoms with Crippen molar-refractivity contribution in [1.82, 2.24) is 0 Å². The van der Waals surface area contributed by atoms with Gasteiger partial charge >= 0.3 is 5.97 Å². The summed E-state index contributed by atoms with van der Waals surface area (Å²) in [6.07, 6.45) is 17.6. The maximum Gasteiger partial charge on any atom is 0.305 e. The van der Waals surface area contributed by atoms with E-state index >= 15 is 0 Å². The zero-order chi connectivity index (χ0) is 13.5. The van der Waals surface area contributed by atoms with Crippen molar-refractivity contribution in [2.75, 3.05) is 7.11 Å². The summed E-state index contributed by atoms with van der Waals surface area (Å²) < 4.78 is 4.60. The molecule has 0 bridgehead atoms. The van der Waals surface area contributed by atoms with Crippen LogP contribution < -0.4 is 0 Å². The lowest BCUT2D eigenvalue weighted by molar-refractivity contribution is -0.140. The Kier molecular flexibility index (Phi) is 13.6. The normalized spacial score (nSPS) is 11.0. The Balaban J connectivity index is 3.07. The van der Waals surface area contributed by atoms with Crippen LogP contribution in [0.2, 0.25) is 0 Å². The molecular formula is C16H30O2. The molecule has 2 nitrogen and oxygen atoms in total. The predicted octanol–water partition coefficient (Wildman–Crippen LogP) is 5.03. The first kappa shape index (κ1) is 17.2. The Hall–Kier alpha value is -0.790. The molecule has 0 fully saturated rings. The highest BCUT2D eigenvalue weighted by Crippen LogP contribution is 2.09. The first-order chi connectivity index (χ1) is 8.81. The van der Waals surface area contributed by atoms with Crippen LogP contribution in [0, 0.1) is 0 Å². The van der Waals surface area contributed by atoms with Crippen molar-refractivity contribution < 1.29 is 9.53 Å². The summed E-state index contributed by atoms with van der Waals surface area (Å²) in [5.41, 5.74) is 0. The lowest BCUT2D eigenvalue weighted by Crippen LogP contribution is -1.99. The van der Waals surface area contributed by atoms with Crippen molar-refractivity contribution in [2.24, 2.45) is 0 Å². The van der Waals surface area contributed by atoms with Crippen molar-refractivity contribution in [3.05, 3.63) is 12.2 Å². The molecule has 0 N–H and O–H groups in total. The third-order valence-corrected chi connectivity index (χ3v) is 3.12. The van der Waals surface area contributed by atoms with Gasteiger partial charge in [-0.25, -0.2) is 0 Å². The zero-order valence-corrected chi connectivity index (χ0v) is 12.2. The molecule has 0 aromatic heterocycles. The topological polar surface area (TPSA) is 26.3 Å². The molecule has 0 aliphatic carbocycles. The molecule has 0 aromatic rings. The minimum Gasteiger partial charge on any atom is -0.469 e. The van der Waals surface area contributed by atoms with Crippen molar-refractivity contribution in [3.63, 3.8) is 0 Å². The lowest BCUT2D eigenvalue weighted by Gasteiger charge is -2.00. The van der Waals surface area contributed by atoms with E-state index < -0.39 is 0 Å². The van der Waals surface area contributed by atoms with Crippen LogP contribution in [0.5, 0.6) is 0 Å². The Labute approximate surface area is 113 Å². The van der Waals surface area contributed by atoms with Gasteiger partial charge in [0.15, 0.2) is 0 Å². The molecule has 0 radical (unpaired) electrons. The predicted molar refractivity (Wildman–Crippen MR) is 77.6 cm³/mol. The number of ether oxygens (including phenoxy) is 1. The van der Waals surface area contributed by atoms with E-state index in [1.165, 1.54) is 58.5 Å². The second-order valence-electron chi connectivity index (χ2n) is 4.85. The first-order valence-electron chi connectivity index (χ1n) is 7.53. The monoisotopic (exact) mass is 254 g/mol. The number of unbranched alkanes of at least 4 members (excludes halogenated alkanes) is 8. The third kappa shape index (κ3) is 13.3. The summed E-state index contributed by atoms with van der Waals surface area (Å²) >= 11 is 0. The van der Waals surface area contributed by atoms with Gasteiger partial charge in [-0.05, 0) is 25.7 Å². The molecular weight excluding hydrogens is 224 g/mol. The first-order valence-corrected chi connectivity index (χ1v) is 7.53. The van der Waals surface area contributed by atoms with E-state index in [2.05, 4.69) is 23.8 Å². The number of allylic oxidation sites excluding steroid dienone is 2. The molecule has 0 heterocycles. The standard InChI is InChI=1S/C16H30O2/c1-3-4-5-6-7-8-9-10-11-12-13-14-15-16(17)18-2/h6-7H,3-5,8-15H2,1-2H3. The number of hydrogen-bond acceptors (Lipinski definition) is 2. The number of rotatable bonds is 12. The maximum atomic E-state index is 10.9. The largest absolute Gasteiger partial charge is 0.469 e. The van der Waals surface area contributed by atoms with Gasteiger partial charge in [0.25, 0.3) is 0 Å². The fourth-order valence-electron chi connectivity index (χ4n) is 1.90. The SMILES string of the molecule is CCCCC=CCCCCCCCCC(=O)OC. The summed E-state index contributed by atoms with van der Waals surface area (Å²) in [6.45, 7) is 2.23. The quantitative estimate of drug-likeness (QED) is 0.277. The summed E-state index contributed by atoms with van der Waals surface area (Å²) in [5, 5.41) is 0. The van der Waals surface area contributed by atoms with Crippen molar-refractivity contribution >= 4 is 5.97 Å². The molecule has 0 aliphatic rings. The van der Waals surface area contributed by atoms with E-state index in [0.717, 1.165) is 12.8 Å². The van der Waals surface area contributed by atoms with Gasteiger partial charge in [0.2, 0.25) is 0 Å². The van der Waals surface area contributed by atoms with E-state index in [4.69, 9.17) is 0 Å². The third-order valence-electron chi connectivity index (χ3n) is 3.12. The number of carbonyl (C=O) groups excluding carboxylic acids is 1. The van der Waals surface area contributed by atoms with Gasteiger partial charge in [-0.2, -0.15) is 0 Å². The second kappa shape index (κ2) is 14.3. The molecule has 0 aromatic carbocycles. The zero-order valence-electron chi connectivity index (χ0n) is 12.2. The van der Waals surface area contributed by atoms with Crippen LogP contribution in [0.25, 0.3) is 0 Å². The van der Waals surface area contributed by atoms with E-state index in [9.17, 15) is 4.79 Å². The van der Waals surface area contributed by atoms with E-state index in [1.807, 2.05) is 0 Å². The average molecular weight is 254 g/mol. The lowest BCUT2D eigenvalue weighted by atomic mass is 10.1. The van der Waals surface area contributed by atoms with Crippen LogP contribution >= 0.6 is 0 Å². The molecule has 0 atom stereocenters. The number of esters is 1. The van der Waals surface area contributed by atoms with Crippen LogP contribution in [0.3, 0.4) is 0 Å². The van der Waals surface area contributed by atoms with E-state index in [0.29, 0.717) is 6.42 Å². The molecule has 0 amide bonds. The maximum absolute atomic E-state index is 10.9. The highest BCUT2D eigenvalue weighted by molar-refractivity contribution is 5.68. The molecule has 2 heteroatoms. The van der Waals surface area contributed by atoms with Crippen molar-refractivity contribution in [3.8, 4) is 0 Å². The molecule has 0 spiro atoms. The number of carbonyl (C=O) groups is 1. The minimum absolute atomic E-state index is 0.0767. The summed E-state index contributed by atoms with van der Waals surface area (Å²) in [6, 6.07) is 0. The van der Waals surface area contributed by atoms with Crippen LogP contribution in [-0.4, -0.2) is 13.1 Å². The fraction of sp³-hybridized carbons (Fsp3) is 0.812. The van der Waals surface area contributed by atoms with Crippen molar-refractivity contribution in [2.45, 2.75) is 77.6 Å². The van der Waals surface area contributed by atoms with Gasteiger partial charge in [-0.3, -0.25) is 4.79 Å². The highest BCUT2D eigenvalue weighted by atomic mass is 16.5. The van der Waals surface area contributed by atoms with Gasteiger partial charge in [-0.1, -0.05) is 57.6 Å². The van der Waals surface area contributed by atoms with Crippen LogP contribution in [0.4, 0.5) is 0 Å². The van der Waals surface area contributed by atoms with Gasteiger partial charge < -0.3 is 4.74 Å². The van der Waals surface area contributed by atoms with Gasteiger partial charge in [0.05, 0.1) is 7.11 Å². The molecule has 0 rings (SSSR count). The Morgan fingerprint density at radius 2 is 1.44 bits per heavy atom. The van der Waals surface area contributed by atoms with Crippen molar-refractivity contribution in [1.29, 1.82) is 0 Å². The van der Waals surface area contributed by atoms with E-state index in [-0.39, 0.29) is 5.97 Å². The summed E-state index contributed by atoms with van der Waals surface area (Å²) in [5.74, 6) is -0.0767. The number of methoxy groups -OCH3 is 1. The number of hydrogen-bond donors (Lipinski definition) is 0. The molecule has 0 saturated carbocycles. The molecule has 18 heavy (non-hydrogen) atoms. The Morgan fingerprint density at radius 1 is 0.889 bits per heavy atom. The van der Waals surface area contributed by atoms with Crippen LogP contribution in [0.1, 0.15) is 77.6 Å². The smallest absolute Gasteiger partial charge is 0.305 e. The molecule has 0 saturated heterocycles. The molecule has 0 aliphatic heterocycles. The summed E-state index contributed by atoms with van der Waals surface area (Å²) in [7, 11) is 1.45. The fourth-order valence-corrected chi connectivity index (χ4v) is 1.90. The van der Waals surface area contributed by atoms with Gasteiger partial charge in [0.1, 0.15) is 0 Å². The van der Waals surface area contributed by atoms with Gasteiger partial charge in [0, 0.05) is 6.42 Å².